The number of carbonyl (C=O) groups is 2. The van der Waals surface area contributed by atoms with E-state index in [9.17, 15) is 9.59 Å². The molecular weight excluding hydrogens is 440 g/mol. The number of benzene rings is 2. The maximum absolute atomic E-state index is 13.9. The van der Waals surface area contributed by atoms with Gasteiger partial charge < -0.3 is 5.32 Å². The molecule has 0 unspecified atom stereocenters. The van der Waals surface area contributed by atoms with Gasteiger partial charge in [-0.25, -0.2) is 4.68 Å². The summed E-state index contributed by atoms with van der Waals surface area (Å²) in [5, 5.41) is 11.4. The molecular formula is C27H30N6O2. The second-order valence-electron chi connectivity index (χ2n) is 9.00. The zero-order valence-corrected chi connectivity index (χ0v) is 20.3. The molecule has 2 aromatic heterocycles. The van der Waals surface area contributed by atoms with E-state index in [0.29, 0.717) is 29.2 Å². The van der Waals surface area contributed by atoms with Gasteiger partial charge in [0.05, 0.1) is 5.52 Å². The van der Waals surface area contributed by atoms with Crippen LogP contribution in [0.1, 0.15) is 37.4 Å². The van der Waals surface area contributed by atoms with Crippen LogP contribution in [0.25, 0.3) is 11.0 Å². The van der Waals surface area contributed by atoms with Crippen LogP contribution in [0, 0.1) is 12.8 Å². The molecule has 0 spiro atoms. The number of rotatable bonds is 9. The Morgan fingerprint density at radius 1 is 1.06 bits per heavy atom. The van der Waals surface area contributed by atoms with Gasteiger partial charge in [-0.05, 0) is 55.2 Å². The van der Waals surface area contributed by atoms with E-state index in [0.717, 1.165) is 17.5 Å². The molecule has 0 aliphatic heterocycles. The van der Waals surface area contributed by atoms with Gasteiger partial charge >= 0.3 is 0 Å². The number of anilines is 1. The molecule has 2 amide bonds. The van der Waals surface area contributed by atoms with Gasteiger partial charge in [0.2, 0.25) is 11.8 Å². The Hall–Kier alpha value is -4.07. The molecule has 0 aliphatic carbocycles. The molecule has 2 heterocycles. The van der Waals surface area contributed by atoms with Crippen LogP contribution in [0.2, 0.25) is 0 Å². The summed E-state index contributed by atoms with van der Waals surface area (Å²) in [4.78, 5) is 33.2. The van der Waals surface area contributed by atoms with E-state index in [1.807, 2.05) is 61.5 Å². The van der Waals surface area contributed by atoms with E-state index in [4.69, 9.17) is 0 Å². The third-order valence-electron chi connectivity index (χ3n) is 5.78. The van der Waals surface area contributed by atoms with E-state index in [-0.39, 0.29) is 18.4 Å². The number of hydrogen-bond acceptors (Lipinski definition) is 5. The Morgan fingerprint density at radius 3 is 2.63 bits per heavy atom. The zero-order chi connectivity index (χ0) is 24.8. The van der Waals surface area contributed by atoms with Crippen molar-refractivity contribution >= 4 is 28.5 Å². The highest BCUT2D eigenvalue weighted by molar-refractivity contribution is 6.01. The Labute approximate surface area is 205 Å². The van der Waals surface area contributed by atoms with E-state index >= 15 is 0 Å². The maximum Gasteiger partial charge on any atom is 0.249 e. The fraction of sp³-hybridized carbons (Fsp3) is 0.296. The minimum Gasteiger partial charge on any atom is -0.354 e. The lowest BCUT2D eigenvalue weighted by atomic mass is 10.0. The number of nitrogens with zero attached hydrogens (tertiary/aromatic N) is 5. The van der Waals surface area contributed by atoms with Crippen molar-refractivity contribution in [3.63, 3.8) is 0 Å². The van der Waals surface area contributed by atoms with Gasteiger partial charge in [-0.15, -0.1) is 5.10 Å². The predicted octanol–water partition coefficient (Wildman–Crippen LogP) is 4.07. The summed E-state index contributed by atoms with van der Waals surface area (Å²) < 4.78 is 1.57. The van der Waals surface area contributed by atoms with E-state index in [1.54, 1.807) is 28.0 Å². The summed E-state index contributed by atoms with van der Waals surface area (Å²) in [5.41, 5.74) is 3.71. The van der Waals surface area contributed by atoms with E-state index in [2.05, 4.69) is 34.5 Å². The third-order valence-corrected chi connectivity index (χ3v) is 5.78. The minimum absolute atomic E-state index is 0.0650. The lowest BCUT2D eigenvalue weighted by Gasteiger charge is -2.31. The van der Waals surface area contributed by atoms with Crippen LogP contribution in [-0.2, 0) is 16.1 Å². The van der Waals surface area contributed by atoms with Gasteiger partial charge in [-0.3, -0.25) is 19.5 Å². The Morgan fingerprint density at radius 2 is 1.89 bits per heavy atom. The van der Waals surface area contributed by atoms with Crippen molar-refractivity contribution in [2.24, 2.45) is 5.92 Å². The Balaban J connectivity index is 1.74. The van der Waals surface area contributed by atoms with Crippen LogP contribution < -0.4 is 10.2 Å². The number of aryl methyl sites for hydroxylation is 1. The van der Waals surface area contributed by atoms with Crippen LogP contribution >= 0.6 is 0 Å². The molecule has 0 saturated heterocycles. The summed E-state index contributed by atoms with van der Waals surface area (Å²) >= 11 is 0. The average Bonchev–Trinajstić information content (AvgIpc) is 3.25. The molecule has 180 valence electrons. The van der Waals surface area contributed by atoms with Crippen LogP contribution in [0.4, 0.5) is 5.69 Å². The molecule has 8 nitrogen and oxygen atoms in total. The number of para-hydroxylation sites is 1. The molecule has 0 saturated carbocycles. The van der Waals surface area contributed by atoms with Gasteiger partial charge in [0.1, 0.15) is 18.1 Å². The van der Waals surface area contributed by atoms with Crippen molar-refractivity contribution < 1.29 is 9.59 Å². The lowest BCUT2D eigenvalue weighted by molar-refractivity contribution is -0.127. The summed E-state index contributed by atoms with van der Waals surface area (Å²) in [7, 11) is 0. The number of fused-ring (bicyclic) bond motifs is 1. The van der Waals surface area contributed by atoms with Crippen molar-refractivity contribution in [2.75, 3.05) is 11.4 Å². The summed E-state index contributed by atoms with van der Waals surface area (Å²) in [5.74, 6) is -0.0849. The van der Waals surface area contributed by atoms with Crippen molar-refractivity contribution in [1.29, 1.82) is 0 Å². The molecule has 4 aromatic rings. The fourth-order valence-electron chi connectivity index (χ4n) is 3.99. The first-order valence-corrected chi connectivity index (χ1v) is 11.8. The van der Waals surface area contributed by atoms with E-state index < -0.39 is 6.04 Å². The molecule has 0 fully saturated rings. The van der Waals surface area contributed by atoms with Crippen molar-refractivity contribution in [3.8, 4) is 0 Å². The quantitative estimate of drug-likeness (QED) is 0.398. The molecule has 1 N–H and O–H groups in total. The van der Waals surface area contributed by atoms with Crippen LogP contribution in [0.5, 0.6) is 0 Å². The summed E-state index contributed by atoms with van der Waals surface area (Å²) in [6.45, 7) is 6.63. The summed E-state index contributed by atoms with van der Waals surface area (Å²) in [6, 6.07) is 17.8. The molecule has 0 radical (unpaired) electrons. The van der Waals surface area contributed by atoms with E-state index in [1.165, 1.54) is 0 Å². The number of hydrogen-bond donors (Lipinski definition) is 1. The average molecular weight is 471 g/mol. The van der Waals surface area contributed by atoms with Gasteiger partial charge in [0.15, 0.2) is 0 Å². The molecule has 0 aliphatic rings. The second-order valence-corrected chi connectivity index (χ2v) is 9.00. The monoisotopic (exact) mass is 470 g/mol. The van der Waals surface area contributed by atoms with Gasteiger partial charge in [0.25, 0.3) is 0 Å². The smallest absolute Gasteiger partial charge is 0.249 e. The third kappa shape index (κ3) is 5.71. The topological polar surface area (TPSA) is 93.0 Å². The van der Waals surface area contributed by atoms with Crippen molar-refractivity contribution in [1.82, 2.24) is 25.3 Å². The Bertz CT molecular complexity index is 1300. The first-order valence-electron chi connectivity index (χ1n) is 11.8. The number of carbonyl (C=O) groups excluding carboxylic acids is 2. The normalized spacial score (nSPS) is 12.0. The molecule has 35 heavy (non-hydrogen) atoms. The predicted molar refractivity (Wildman–Crippen MR) is 136 cm³/mol. The van der Waals surface area contributed by atoms with Crippen molar-refractivity contribution in [2.45, 2.75) is 39.8 Å². The van der Waals surface area contributed by atoms with Gasteiger partial charge in [-0.1, -0.05) is 49.4 Å². The number of nitrogens with one attached hydrogen (secondary N) is 1. The number of pyridine rings is 1. The molecule has 4 rings (SSSR count). The number of aromatic nitrogens is 4. The highest BCUT2D eigenvalue weighted by Crippen LogP contribution is 2.29. The van der Waals surface area contributed by atoms with Gasteiger partial charge in [-0.2, -0.15) is 0 Å². The summed E-state index contributed by atoms with van der Waals surface area (Å²) in [6.07, 6.45) is 4.13. The SMILES string of the molecule is Cc1cccc(N(C(=O)Cn2nnc3ccccc32)[C@@H](C(=O)NCCC(C)C)c2cccnc2)c1. The molecule has 2 aromatic carbocycles. The highest BCUT2D eigenvalue weighted by Gasteiger charge is 2.33. The Kier molecular flexibility index (Phi) is 7.50. The molecule has 0 bridgehead atoms. The fourth-order valence-corrected chi connectivity index (χ4v) is 3.99. The van der Waals surface area contributed by atoms with Gasteiger partial charge in [0, 0.05) is 30.2 Å². The highest BCUT2D eigenvalue weighted by atomic mass is 16.2. The first kappa shape index (κ1) is 24.1. The minimum atomic E-state index is -0.889. The largest absolute Gasteiger partial charge is 0.354 e. The molecule has 8 heteroatoms. The number of amides is 2. The maximum atomic E-state index is 13.9. The van der Waals surface area contributed by atoms with Crippen LogP contribution in [0.3, 0.4) is 0 Å². The van der Waals surface area contributed by atoms with Crippen LogP contribution in [-0.4, -0.2) is 38.3 Å². The first-order chi connectivity index (χ1) is 16.9. The standard InChI is InChI=1S/C27H30N6O2/c1-19(2)13-15-29-27(35)26(21-9-7-14-28-17-21)33(22-10-6-8-20(3)16-22)25(34)18-32-24-12-5-4-11-23(24)30-31-32/h4-12,14,16-17,19,26H,13,15,18H2,1-3H3,(H,29,35)/t26-/m1/s1. The van der Waals surface area contributed by atoms with Crippen LogP contribution in [0.15, 0.2) is 73.1 Å². The zero-order valence-electron chi connectivity index (χ0n) is 20.3. The second kappa shape index (κ2) is 10.9. The lowest BCUT2D eigenvalue weighted by Crippen LogP contribution is -2.45. The van der Waals surface area contributed by atoms with Crippen molar-refractivity contribution in [3.05, 3.63) is 84.2 Å². The molecule has 1 atom stereocenters.